The number of aliphatic hydroxyl groups excluding tert-OH is 1. The summed E-state index contributed by atoms with van der Waals surface area (Å²) in [6.07, 6.45) is 6.91. The summed E-state index contributed by atoms with van der Waals surface area (Å²) >= 11 is 0. The van der Waals surface area contributed by atoms with Crippen molar-refractivity contribution in [3.05, 3.63) is 0 Å². The molecule has 1 fully saturated rings. The normalized spacial score (nSPS) is 18.3. The lowest BCUT2D eigenvalue weighted by molar-refractivity contribution is -0.140. The Bertz CT molecular complexity index is 238. The van der Waals surface area contributed by atoms with Crippen molar-refractivity contribution in [2.45, 2.75) is 44.9 Å². The fourth-order valence-electron chi connectivity index (χ4n) is 2.70. The molecule has 0 bridgehead atoms. The van der Waals surface area contributed by atoms with Crippen molar-refractivity contribution in [3.63, 3.8) is 0 Å². The number of nitrogens with two attached hydrogens (primary N) is 1. The number of unbranched alkanes of at least 4 members (excludes halogenated alkanes) is 2. The number of rotatable bonds is 7. The van der Waals surface area contributed by atoms with E-state index < -0.39 is 0 Å². The second kappa shape index (κ2) is 6.97. The molecule has 100 valence electrons. The van der Waals surface area contributed by atoms with Crippen LogP contribution in [0.15, 0.2) is 0 Å². The Morgan fingerprint density at radius 2 is 1.94 bits per heavy atom. The maximum atomic E-state index is 12.4. The van der Waals surface area contributed by atoms with Gasteiger partial charge >= 0.3 is 0 Å². The van der Waals surface area contributed by atoms with Crippen LogP contribution in [0.1, 0.15) is 44.9 Å². The quantitative estimate of drug-likeness (QED) is 0.658. The lowest BCUT2D eigenvalue weighted by Crippen LogP contribution is -2.45. The highest BCUT2D eigenvalue weighted by Crippen LogP contribution is 2.38. The molecule has 0 aliphatic heterocycles. The second-order valence-corrected chi connectivity index (χ2v) is 5.20. The first kappa shape index (κ1) is 14.5. The Morgan fingerprint density at radius 3 is 2.47 bits per heavy atom. The van der Waals surface area contributed by atoms with Crippen LogP contribution in [0.4, 0.5) is 0 Å². The summed E-state index contributed by atoms with van der Waals surface area (Å²) in [6, 6.07) is 0. The first-order chi connectivity index (χ1) is 8.16. The molecule has 0 aromatic rings. The number of nitrogens with zero attached hydrogens (tertiary/aromatic N) is 1. The molecule has 0 saturated heterocycles. The largest absolute Gasteiger partial charge is 0.396 e. The first-order valence-electron chi connectivity index (χ1n) is 6.73. The fraction of sp³-hybridized carbons (Fsp3) is 0.923. The van der Waals surface area contributed by atoms with Crippen LogP contribution in [0, 0.1) is 5.41 Å². The van der Waals surface area contributed by atoms with E-state index in [0.29, 0.717) is 6.54 Å². The van der Waals surface area contributed by atoms with Gasteiger partial charge in [-0.2, -0.15) is 0 Å². The predicted molar refractivity (Wildman–Crippen MR) is 68.5 cm³/mol. The zero-order valence-corrected chi connectivity index (χ0v) is 11.0. The van der Waals surface area contributed by atoms with Gasteiger partial charge in [-0.1, -0.05) is 12.8 Å². The number of hydrogen-bond acceptors (Lipinski definition) is 3. The van der Waals surface area contributed by atoms with Gasteiger partial charge in [-0.15, -0.1) is 0 Å². The van der Waals surface area contributed by atoms with Crippen molar-refractivity contribution in [2.24, 2.45) is 11.1 Å². The number of carbonyl (C=O) groups excluding carboxylic acids is 1. The van der Waals surface area contributed by atoms with Crippen LogP contribution in [0.3, 0.4) is 0 Å². The Morgan fingerprint density at radius 1 is 1.29 bits per heavy atom. The molecule has 0 heterocycles. The summed E-state index contributed by atoms with van der Waals surface area (Å²) in [7, 11) is 1.87. The van der Waals surface area contributed by atoms with E-state index in [2.05, 4.69) is 0 Å². The molecule has 3 N–H and O–H groups in total. The third kappa shape index (κ3) is 3.68. The van der Waals surface area contributed by atoms with E-state index in [1.807, 2.05) is 11.9 Å². The van der Waals surface area contributed by atoms with Gasteiger partial charge in [0.05, 0.1) is 5.41 Å². The molecule has 0 unspecified atom stereocenters. The maximum absolute atomic E-state index is 12.4. The van der Waals surface area contributed by atoms with Crippen molar-refractivity contribution in [2.75, 3.05) is 26.7 Å². The molecule has 1 aliphatic rings. The minimum Gasteiger partial charge on any atom is -0.396 e. The van der Waals surface area contributed by atoms with Crippen molar-refractivity contribution in [3.8, 4) is 0 Å². The van der Waals surface area contributed by atoms with Gasteiger partial charge in [0, 0.05) is 26.7 Å². The van der Waals surface area contributed by atoms with Gasteiger partial charge in [0.1, 0.15) is 0 Å². The molecule has 0 radical (unpaired) electrons. The van der Waals surface area contributed by atoms with Gasteiger partial charge < -0.3 is 15.7 Å². The number of amides is 1. The molecule has 4 heteroatoms. The molecular weight excluding hydrogens is 216 g/mol. The van der Waals surface area contributed by atoms with Crippen LogP contribution in [0.2, 0.25) is 0 Å². The zero-order chi connectivity index (χ0) is 12.7. The summed E-state index contributed by atoms with van der Waals surface area (Å²) in [5.74, 6) is 0.224. The molecule has 17 heavy (non-hydrogen) atoms. The fourth-order valence-corrected chi connectivity index (χ4v) is 2.70. The maximum Gasteiger partial charge on any atom is 0.229 e. The molecular formula is C13H26N2O2. The second-order valence-electron chi connectivity index (χ2n) is 5.20. The molecule has 1 rings (SSSR count). The smallest absolute Gasteiger partial charge is 0.229 e. The van der Waals surface area contributed by atoms with Crippen LogP contribution in [0.5, 0.6) is 0 Å². The molecule has 0 aromatic carbocycles. The van der Waals surface area contributed by atoms with Crippen molar-refractivity contribution in [1.82, 2.24) is 4.90 Å². The molecule has 1 saturated carbocycles. The van der Waals surface area contributed by atoms with Gasteiger partial charge in [-0.3, -0.25) is 4.79 Å². The lowest BCUT2D eigenvalue weighted by Gasteiger charge is -2.31. The highest BCUT2D eigenvalue weighted by molar-refractivity contribution is 5.83. The Hall–Kier alpha value is -0.610. The van der Waals surface area contributed by atoms with Crippen LogP contribution in [-0.2, 0) is 4.79 Å². The van der Waals surface area contributed by atoms with Gasteiger partial charge in [-0.05, 0) is 32.1 Å². The number of carbonyl (C=O) groups is 1. The van der Waals surface area contributed by atoms with E-state index in [1.165, 1.54) is 0 Å². The van der Waals surface area contributed by atoms with Gasteiger partial charge in [-0.25, -0.2) is 0 Å². The zero-order valence-electron chi connectivity index (χ0n) is 11.0. The highest BCUT2D eigenvalue weighted by Gasteiger charge is 2.41. The van der Waals surface area contributed by atoms with E-state index in [4.69, 9.17) is 10.8 Å². The van der Waals surface area contributed by atoms with Gasteiger partial charge in [0.15, 0.2) is 0 Å². The summed E-state index contributed by atoms with van der Waals surface area (Å²) in [5.41, 5.74) is 5.53. The van der Waals surface area contributed by atoms with Gasteiger partial charge in [0.2, 0.25) is 5.91 Å². The first-order valence-corrected chi connectivity index (χ1v) is 6.73. The summed E-state index contributed by atoms with van der Waals surface area (Å²) in [5, 5.41) is 8.70. The topological polar surface area (TPSA) is 66.6 Å². The minimum atomic E-state index is -0.272. The minimum absolute atomic E-state index is 0.224. The van der Waals surface area contributed by atoms with E-state index in [-0.39, 0.29) is 17.9 Å². The van der Waals surface area contributed by atoms with Crippen LogP contribution >= 0.6 is 0 Å². The van der Waals surface area contributed by atoms with E-state index in [9.17, 15) is 4.79 Å². The summed E-state index contributed by atoms with van der Waals surface area (Å²) in [4.78, 5) is 14.2. The summed E-state index contributed by atoms with van der Waals surface area (Å²) in [6.45, 7) is 1.50. The van der Waals surface area contributed by atoms with Crippen molar-refractivity contribution in [1.29, 1.82) is 0 Å². The lowest BCUT2D eigenvalue weighted by atomic mass is 9.84. The Labute approximate surface area is 104 Å². The average molecular weight is 242 g/mol. The molecule has 4 nitrogen and oxygen atoms in total. The van der Waals surface area contributed by atoms with E-state index >= 15 is 0 Å². The Kier molecular flexibility index (Phi) is 5.92. The molecule has 0 spiro atoms. The summed E-state index contributed by atoms with van der Waals surface area (Å²) < 4.78 is 0. The van der Waals surface area contributed by atoms with Crippen LogP contribution in [0.25, 0.3) is 0 Å². The third-order valence-corrected chi connectivity index (χ3v) is 3.90. The standard InChI is InChI=1S/C13H26N2O2/c1-15(9-5-2-6-10-16)12(17)13(11-14)7-3-4-8-13/h16H,2-11,14H2,1H3. The highest BCUT2D eigenvalue weighted by atomic mass is 16.2. The molecule has 1 aliphatic carbocycles. The number of aliphatic hydroxyl groups is 1. The number of hydrogen-bond donors (Lipinski definition) is 2. The van der Waals surface area contributed by atoms with Crippen LogP contribution in [-0.4, -0.2) is 42.7 Å². The molecule has 0 atom stereocenters. The van der Waals surface area contributed by atoms with Gasteiger partial charge in [0.25, 0.3) is 0 Å². The third-order valence-electron chi connectivity index (χ3n) is 3.90. The van der Waals surface area contributed by atoms with Crippen molar-refractivity contribution < 1.29 is 9.90 Å². The van der Waals surface area contributed by atoms with E-state index in [1.54, 1.807) is 0 Å². The van der Waals surface area contributed by atoms with E-state index in [0.717, 1.165) is 51.5 Å². The SMILES string of the molecule is CN(CCCCCO)C(=O)C1(CN)CCCC1. The predicted octanol–water partition coefficient (Wildman–Crippen LogP) is 1.13. The Balaban J connectivity index is 2.39. The average Bonchev–Trinajstić information content (AvgIpc) is 2.83. The molecule has 1 amide bonds. The van der Waals surface area contributed by atoms with Crippen LogP contribution < -0.4 is 5.73 Å². The monoisotopic (exact) mass is 242 g/mol. The van der Waals surface area contributed by atoms with Crippen molar-refractivity contribution >= 4 is 5.91 Å². The molecule has 0 aromatic heterocycles.